The molecule has 4 rings (SSSR count). The van der Waals surface area contributed by atoms with Crippen LogP contribution in [0, 0.1) is 13.8 Å². The van der Waals surface area contributed by atoms with E-state index in [1.165, 1.54) is 5.56 Å². The minimum Gasteiger partial charge on any atom is -0.328 e. The van der Waals surface area contributed by atoms with Crippen molar-refractivity contribution in [3.05, 3.63) is 64.7 Å². The van der Waals surface area contributed by atoms with Crippen LogP contribution in [0.3, 0.4) is 0 Å². The number of aryl methyl sites for hydroxylation is 2. The molecule has 2 heterocycles. The number of nitrogens with one attached hydrogen (secondary N) is 1. The lowest BCUT2D eigenvalue weighted by molar-refractivity contribution is -0.120. The molecule has 2 aliphatic heterocycles. The van der Waals surface area contributed by atoms with Crippen molar-refractivity contribution in [1.82, 2.24) is 10.2 Å². The predicted octanol–water partition coefficient (Wildman–Crippen LogP) is 2.87. The Hall–Kier alpha value is -2.66. The Kier molecular flexibility index (Phi) is 5.18. The van der Waals surface area contributed by atoms with Gasteiger partial charge >= 0.3 is 0 Å². The number of carbonyl (C=O) groups excluding carboxylic acids is 2. The Labute approximate surface area is 166 Å². The summed E-state index contributed by atoms with van der Waals surface area (Å²) in [5.74, 6) is 0.440. The number of anilines is 1. The minimum absolute atomic E-state index is 0.0294. The molecule has 2 saturated heterocycles. The average Bonchev–Trinajstić information content (AvgIpc) is 3.21. The average molecular weight is 377 g/mol. The number of nitrogens with zero attached hydrogens (tertiary/aromatic N) is 2. The highest BCUT2D eigenvalue weighted by Crippen LogP contribution is 2.24. The van der Waals surface area contributed by atoms with E-state index >= 15 is 0 Å². The second kappa shape index (κ2) is 7.76. The molecule has 5 nitrogen and oxygen atoms in total. The van der Waals surface area contributed by atoms with E-state index in [2.05, 4.69) is 23.5 Å². The molecule has 2 aromatic carbocycles. The van der Waals surface area contributed by atoms with Crippen LogP contribution in [0.1, 0.15) is 39.4 Å². The maximum atomic E-state index is 12.9. The molecule has 146 valence electrons. The van der Waals surface area contributed by atoms with Crippen molar-refractivity contribution in [2.75, 3.05) is 37.6 Å². The molecule has 0 bridgehead atoms. The van der Waals surface area contributed by atoms with Gasteiger partial charge in [-0.1, -0.05) is 18.2 Å². The first-order valence-electron chi connectivity index (χ1n) is 10.00. The van der Waals surface area contributed by atoms with Crippen molar-refractivity contribution in [2.45, 2.75) is 26.2 Å². The summed E-state index contributed by atoms with van der Waals surface area (Å²) in [6.07, 6.45) is 1.14. The largest absolute Gasteiger partial charge is 0.328 e. The van der Waals surface area contributed by atoms with Gasteiger partial charge in [0.1, 0.15) is 6.54 Å². The molecule has 0 saturated carbocycles. The quantitative estimate of drug-likeness (QED) is 0.895. The molecular formula is C23H27N3O2. The smallest absolute Gasteiger partial charge is 0.254 e. The third-order valence-corrected chi connectivity index (χ3v) is 5.72. The zero-order valence-corrected chi connectivity index (χ0v) is 16.6. The Morgan fingerprint density at radius 2 is 1.75 bits per heavy atom. The fourth-order valence-corrected chi connectivity index (χ4v) is 4.25. The van der Waals surface area contributed by atoms with Crippen LogP contribution in [-0.2, 0) is 4.79 Å². The third kappa shape index (κ3) is 3.80. The van der Waals surface area contributed by atoms with Crippen molar-refractivity contribution in [2.24, 2.45) is 0 Å². The molecule has 0 aromatic heterocycles. The van der Waals surface area contributed by atoms with Gasteiger partial charge in [-0.25, -0.2) is 0 Å². The van der Waals surface area contributed by atoms with Crippen LogP contribution in [0.15, 0.2) is 42.5 Å². The number of amides is 2. The van der Waals surface area contributed by atoms with Crippen molar-refractivity contribution in [1.29, 1.82) is 0 Å². The summed E-state index contributed by atoms with van der Waals surface area (Å²) in [5.41, 5.74) is 5.13. The van der Waals surface area contributed by atoms with Crippen LogP contribution in [0.4, 0.5) is 5.69 Å². The summed E-state index contributed by atoms with van der Waals surface area (Å²) in [6, 6.07) is 14.1. The number of hydrogen-bond donors (Lipinski definition) is 1. The van der Waals surface area contributed by atoms with E-state index < -0.39 is 0 Å². The zero-order valence-electron chi connectivity index (χ0n) is 16.6. The van der Waals surface area contributed by atoms with E-state index in [0.717, 1.165) is 36.3 Å². The normalized spacial score (nSPS) is 19.9. The fraction of sp³-hybridized carbons (Fsp3) is 0.391. The summed E-state index contributed by atoms with van der Waals surface area (Å²) in [6.45, 7) is 7.32. The van der Waals surface area contributed by atoms with Crippen LogP contribution in [0.5, 0.6) is 0 Å². The molecule has 5 heteroatoms. The van der Waals surface area contributed by atoms with E-state index in [4.69, 9.17) is 0 Å². The molecule has 1 atom stereocenters. The summed E-state index contributed by atoms with van der Waals surface area (Å²) < 4.78 is 0. The number of rotatable bonds is 3. The third-order valence-electron chi connectivity index (χ3n) is 5.72. The Morgan fingerprint density at radius 1 is 1.04 bits per heavy atom. The molecule has 1 unspecified atom stereocenters. The van der Waals surface area contributed by atoms with E-state index in [-0.39, 0.29) is 18.4 Å². The molecule has 0 spiro atoms. The molecule has 1 N–H and O–H groups in total. The van der Waals surface area contributed by atoms with Crippen LogP contribution in [0.25, 0.3) is 0 Å². The molecule has 0 aliphatic carbocycles. The Morgan fingerprint density at radius 3 is 2.36 bits per heavy atom. The number of piperazine rings is 1. The van der Waals surface area contributed by atoms with Gasteiger partial charge in [0.05, 0.1) is 0 Å². The first-order valence-corrected chi connectivity index (χ1v) is 10.00. The van der Waals surface area contributed by atoms with Gasteiger partial charge in [0.2, 0.25) is 5.91 Å². The molecule has 2 aliphatic rings. The second-order valence-electron chi connectivity index (χ2n) is 7.93. The minimum atomic E-state index is -0.0653. The summed E-state index contributed by atoms with van der Waals surface area (Å²) >= 11 is 0. The predicted molar refractivity (Wildman–Crippen MR) is 111 cm³/mol. The molecule has 2 amide bonds. The number of benzene rings is 2. The second-order valence-corrected chi connectivity index (χ2v) is 7.93. The van der Waals surface area contributed by atoms with E-state index in [1.807, 2.05) is 38.1 Å². The number of hydrogen-bond acceptors (Lipinski definition) is 3. The zero-order chi connectivity index (χ0) is 19.7. The maximum absolute atomic E-state index is 12.9. The highest BCUT2D eigenvalue weighted by atomic mass is 16.2. The lowest BCUT2D eigenvalue weighted by Crippen LogP contribution is -2.52. The van der Waals surface area contributed by atoms with Gasteiger partial charge in [0.15, 0.2) is 0 Å². The van der Waals surface area contributed by atoms with Crippen molar-refractivity contribution >= 4 is 17.5 Å². The van der Waals surface area contributed by atoms with Gasteiger partial charge in [-0.3, -0.25) is 9.59 Å². The summed E-state index contributed by atoms with van der Waals surface area (Å²) in [7, 11) is 0. The monoisotopic (exact) mass is 377 g/mol. The lowest BCUT2D eigenvalue weighted by Gasteiger charge is -2.34. The van der Waals surface area contributed by atoms with E-state index in [1.54, 1.807) is 9.80 Å². The van der Waals surface area contributed by atoms with E-state index in [9.17, 15) is 9.59 Å². The van der Waals surface area contributed by atoms with Gasteiger partial charge in [-0.05, 0) is 73.7 Å². The fourth-order valence-electron chi connectivity index (χ4n) is 4.25. The van der Waals surface area contributed by atoms with Gasteiger partial charge in [0.25, 0.3) is 5.91 Å². The van der Waals surface area contributed by atoms with Gasteiger partial charge in [-0.15, -0.1) is 0 Å². The molecular weight excluding hydrogens is 350 g/mol. The molecule has 2 aromatic rings. The first kappa shape index (κ1) is 18.7. The summed E-state index contributed by atoms with van der Waals surface area (Å²) in [5, 5.41) is 3.37. The Balaban J connectivity index is 1.43. The lowest BCUT2D eigenvalue weighted by atomic mass is 9.97. The van der Waals surface area contributed by atoms with Crippen LogP contribution in [-0.4, -0.2) is 49.4 Å². The van der Waals surface area contributed by atoms with Crippen LogP contribution < -0.4 is 10.2 Å². The van der Waals surface area contributed by atoms with Crippen molar-refractivity contribution < 1.29 is 9.59 Å². The standard InChI is InChI=1S/C23H27N3O2/c1-16-11-17(2)13-21(12-16)26-10-9-25(15-22(26)27)23(28)19-5-3-18(4-6-19)20-7-8-24-14-20/h3-6,11-13,20,24H,7-10,14-15H2,1-2H3. The van der Waals surface area contributed by atoms with E-state index in [0.29, 0.717) is 24.6 Å². The number of carbonyl (C=O) groups is 2. The van der Waals surface area contributed by atoms with Crippen LogP contribution >= 0.6 is 0 Å². The maximum Gasteiger partial charge on any atom is 0.254 e. The highest BCUT2D eigenvalue weighted by molar-refractivity contribution is 6.01. The summed E-state index contributed by atoms with van der Waals surface area (Å²) in [4.78, 5) is 29.0. The molecule has 0 radical (unpaired) electrons. The van der Waals surface area contributed by atoms with Gasteiger partial charge in [0, 0.05) is 30.9 Å². The topological polar surface area (TPSA) is 52.6 Å². The molecule has 28 heavy (non-hydrogen) atoms. The van der Waals surface area contributed by atoms with Crippen molar-refractivity contribution in [3.8, 4) is 0 Å². The van der Waals surface area contributed by atoms with Gasteiger partial charge in [-0.2, -0.15) is 0 Å². The van der Waals surface area contributed by atoms with Crippen molar-refractivity contribution in [3.63, 3.8) is 0 Å². The SMILES string of the molecule is Cc1cc(C)cc(N2CCN(C(=O)c3ccc(C4CCNC4)cc3)CC2=O)c1. The first-order chi connectivity index (χ1) is 13.5. The molecule has 2 fully saturated rings. The highest BCUT2D eigenvalue weighted by Gasteiger charge is 2.29. The Bertz CT molecular complexity index is 865. The van der Waals surface area contributed by atoms with Gasteiger partial charge < -0.3 is 15.1 Å². The van der Waals surface area contributed by atoms with Crippen LogP contribution in [0.2, 0.25) is 0 Å².